The first kappa shape index (κ1) is 127. The molecule has 0 atom stereocenters. The first-order valence-corrected chi connectivity index (χ1v) is 63.3. The molecule has 2 aromatic heterocycles. The van der Waals surface area contributed by atoms with E-state index in [-0.39, 0.29) is 0 Å². The maximum Gasteiger partial charge on any atom is 0.361 e. The lowest BCUT2D eigenvalue weighted by atomic mass is 10.0. The molecule has 8 aromatic rings. The average molecular weight is 2070 g/mol. The topological polar surface area (TPSA) is 115 Å². The fraction of sp³-hybridized carbons (Fsp3) is 0.667. The van der Waals surface area contributed by atoms with Crippen molar-refractivity contribution in [1.82, 2.24) is 0 Å². The van der Waals surface area contributed by atoms with Gasteiger partial charge in [-0.05, 0) is 148 Å². The van der Waals surface area contributed by atoms with Crippen molar-refractivity contribution in [3.63, 3.8) is 0 Å². The molecule has 838 valence electrons. The number of ether oxygens (including phenoxy) is 10. The molecule has 6 aromatic carbocycles. The third-order valence-corrected chi connectivity index (χ3v) is 30.0. The minimum Gasteiger partial charge on any atom is -0.494 e. The molecule has 8 rings (SSSR count). The fourth-order valence-corrected chi connectivity index (χ4v) is 20.3. The zero-order chi connectivity index (χ0) is 106. The number of unbranched alkanes of at least 4 members (excludes halogenated alkanes) is 65. The monoisotopic (exact) mass is 2070 g/mol. The Balaban J connectivity index is 0.888. The van der Waals surface area contributed by atoms with Crippen LogP contribution in [0.1, 0.15) is 531 Å². The zero-order valence-electron chi connectivity index (χ0n) is 97.2. The van der Waals surface area contributed by atoms with Gasteiger partial charge in [-0.1, -0.05) is 491 Å². The highest BCUT2D eigenvalue weighted by molar-refractivity contribution is 5.78. The van der Waals surface area contributed by atoms with Crippen molar-refractivity contribution in [2.24, 2.45) is 0 Å². The quantitative estimate of drug-likeness (QED) is 0.0267. The first-order chi connectivity index (χ1) is 74.3. The second-order valence-electron chi connectivity index (χ2n) is 43.7. The Hall–Kier alpha value is -8.38. The van der Waals surface area contributed by atoms with Crippen LogP contribution in [0.2, 0.25) is 0 Å². The van der Waals surface area contributed by atoms with Crippen LogP contribution in [0.3, 0.4) is 0 Å². The molecule has 0 radical (unpaired) electrons. The Morgan fingerprint density at radius 3 is 0.413 bits per heavy atom. The van der Waals surface area contributed by atoms with E-state index in [4.69, 9.17) is 56.2 Å². The number of benzene rings is 6. The molecular formula is C138H216O12+2. The van der Waals surface area contributed by atoms with Gasteiger partial charge in [0.1, 0.15) is 11.5 Å². The third-order valence-electron chi connectivity index (χ3n) is 30.0. The molecule has 2 heterocycles. The van der Waals surface area contributed by atoms with Gasteiger partial charge in [0.2, 0.25) is 0 Å². The second-order valence-corrected chi connectivity index (χ2v) is 43.7. The predicted octanol–water partition coefficient (Wildman–Crippen LogP) is 45.0. The second kappa shape index (κ2) is 86.9. The van der Waals surface area contributed by atoms with Crippen molar-refractivity contribution in [3.8, 4) is 125 Å². The molecule has 0 spiro atoms. The van der Waals surface area contributed by atoms with Crippen molar-refractivity contribution in [2.45, 2.75) is 531 Å². The molecule has 12 heteroatoms. The van der Waals surface area contributed by atoms with Gasteiger partial charge in [-0.3, -0.25) is 0 Å². The van der Waals surface area contributed by atoms with Crippen LogP contribution in [-0.4, -0.2) is 66.1 Å². The van der Waals surface area contributed by atoms with Crippen molar-refractivity contribution in [2.75, 3.05) is 66.1 Å². The summed E-state index contributed by atoms with van der Waals surface area (Å²) in [6.07, 6.45) is 91.9. The van der Waals surface area contributed by atoms with E-state index < -0.39 is 0 Å². The average Bonchev–Trinajstić information content (AvgIpc) is 0.790. The third kappa shape index (κ3) is 57.2. The van der Waals surface area contributed by atoms with Crippen LogP contribution < -0.4 is 47.4 Å². The molecule has 0 fully saturated rings. The van der Waals surface area contributed by atoms with Gasteiger partial charge in [0.15, 0.2) is 46.0 Å². The Morgan fingerprint density at radius 2 is 0.253 bits per heavy atom. The zero-order valence-corrected chi connectivity index (χ0v) is 97.2. The van der Waals surface area contributed by atoms with E-state index in [9.17, 15) is 0 Å². The molecule has 0 N–H and O–H groups in total. The summed E-state index contributed by atoms with van der Waals surface area (Å²) >= 11 is 0. The number of hydrogen-bond donors (Lipinski definition) is 0. The minimum absolute atomic E-state index is 0.646. The van der Waals surface area contributed by atoms with Crippen molar-refractivity contribution >= 4 is 0 Å². The lowest BCUT2D eigenvalue weighted by Gasteiger charge is -2.14. The van der Waals surface area contributed by atoms with E-state index in [1.807, 2.05) is 0 Å². The van der Waals surface area contributed by atoms with Crippen LogP contribution in [0.5, 0.6) is 57.5 Å². The molecule has 0 aliphatic carbocycles. The van der Waals surface area contributed by atoms with Gasteiger partial charge in [0.25, 0.3) is 0 Å². The Bertz CT molecular complexity index is 4050. The first-order valence-electron chi connectivity index (χ1n) is 63.3. The van der Waals surface area contributed by atoms with Gasteiger partial charge in [0, 0.05) is 35.4 Å². The molecule has 0 aliphatic heterocycles. The van der Waals surface area contributed by atoms with E-state index >= 15 is 0 Å². The molecule has 12 nitrogen and oxygen atoms in total. The van der Waals surface area contributed by atoms with E-state index in [0.717, 1.165) is 228 Å². The maximum absolute atomic E-state index is 7.15. The van der Waals surface area contributed by atoms with Crippen LogP contribution in [-0.2, 0) is 0 Å². The van der Waals surface area contributed by atoms with Crippen LogP contribution in [0.4, 0.5) is 0 Å². The molecule has 0 unspecified atom stereocenters. The highest BCUT2D eigenvalue weighted by Gasteiger charge is 2.28. The largest absolute Gasteiger partial charge is 0.494 e. The summed E-state index contributed by atoms with van der Waals surface area (Å²) in [6.45, 7) is 25.0. The van der Waals surface area contributed by atoms with E-state index in [1.165, 1.54) is 372 Å². The van der Waals surface area contributed by atoms with Gasteiger partial charge >= 0.3 is 23.0 Å². The Morgan fingerprint density at radius 1 is 0.120 bits per heavy atom. The summed E-state index contributed by atoms with van der Waals surface area (Å²) in [5.41, 5.74) is 8.05. The Kier molecular flexibility index (Phi) is 73.4. The van der Waals surface area contributed by atoms with Gasteiger partial charge in [-0.25, -0.2) is 8.83 Å². The van der Waals surface area contributed by atoms with Gasteiger partial charge in [-0.15, -0.1) is 0 Å². The summed E-state index contributed by atoms with van der Waals surface area (Å²) < 4.78 is 80.8. The lowest BCUT2D eigenvalue weighted by Crippen LogP contribution is -2.03. The summed E-state index contributed by atoms with van der Waals surface area (Å²) in [5, 5.41) is 0. The maximum atomic E-state index is 7.15. The van der Waals surface area contributed by atoms with E-state index in [0.29, 0.717) is 66.1 Å². The molecule has 150 heavy (non-hydrogen) atoms. The smallest absolute Gasteiger partial charge is 0.361 e. The summed E-state index contributed by atoms with van der Waals surface area (Å²) in [7, 11) is 0. The predicted molar refractivity (Wildman–Crippen MR) is 641 cm³/mol. The summed E-state index contributed by atoms with van der Waals surface area (Å²) in [6, 6.07) is 51.7. The van der Waals surface area contributed by atoms with Gasteiger partial charge in [-0.2, -0.15) is 0 Å². The van der Waals surface area contributed by atoms with Crippen molar-refractivity contribution in [3.05, 3.63) is 146 Å². The van der Waals surface area contributed by atoms with E-state index in [1.54, 1.807) is 0 Å². The van der Waals surface area contributed by atoms with Gasteiger partial charge in [0.05, 0.1) is 113 Å². The SMILES string of the molecule is CCCCCCCCCCOc1ccc(-c2cc(-c3ccc(OCCCCCCCCCCCCOc4ccc(-c5cc(-c6ccc(OCCCCCCCCCC)c(OCCCCCCCCCC)c6)[o+]c(-c6ccc(OCCCCCCCCCC)c(OCCCCCCCCCC)c6)c5)cc4)cc3)cc(-c3ccc(OCCCCCCCCCC)c(OCCCCCCCCCC)c3)[o+]2)cc1OCCCCCCCCCC. The van der Waals surface area contributed by atoms with Crippen molar-refractivity contribution in [1.29, 1.82) is 0 Å². The van der Waals surface area contributed by atoms with Crippen LogP contribution in [0, 0.1) is 0 Å². The summed E-state index contributed by atoms with van der Waals surface area (Å²) in [5.74, 6) is 11.1. The minimum atomic E-state index is 0.646. The standard InChI is InChI=1S/C138H216O12/c1-9-17-25-33-41-53-65-75-101-141-127-95-87-119(109-135(127)145-105-79-69-57-45-37-29-21-13-5)131-113-123(114-132(149-131)120-88-96-128(142-102-76-66-54-42-34-26-18-10-2)136(110-120)146-106-80-70-58-46-38-30-22-14-6)117-83-91-125(92-84-117)139-99-73-63-61-51-49-50-52-62-64-74-100-140-126-93-85-118(86-94-126)124-115-133(121-89-97-129(143-103-77-67-55-43-35-27-19-11-3)137(111-121)147-107-81-71-59-47-39-31-23-15-7)150-134(116-124)122-90-98-130(144-104-78-68-56-44-36-28-20-12-4)138(112-122)148-108-82-72-60-48-40-32-24-16-8/h83-98,109-116H,9-82,99-108H2,1-8H3/q+2. The fourth-order valence-electron chi connectivity index (χ4n) is 20.3. The van der Waals surface area contributed by atoms with Crippen LogP contribution in [0.25, 0.3) is 67.5 Å². The van der Waals surface area contributed by atoms with Gasteiger partial charge < -0.3 is 47.4 Å². The number of rotatable bonds is 101. The Labute approximate surface area is 917 Å². The van der Waals surface area contributed by atoms with Crippen LogP contribution >= 0.6 is 0 Å². The molecule has 0 saturated heterocycles. The van der Waals surface area contributed by atoms with Crippen molar-refractivity contribution < 1.29 is 56.2 Å². The molecule has 0 saturated carbocycles. The summed E-state index contributed by atoms with van der Waals surface area (Å²) in [4.78, 5) is 0. The normalized spacial score (nSPS) is 11.4. The highest BCUT2D eigenvalue weighted by Crippen LogP contribution is 2.44. The molecular weight excluding hydrogens is 1850 g/mol. The molecule has 0 aliphatic rings. The molecule has 0 bridgehead atoms. The highest BCUT2D eigenvalue weighted by atomic mass is 16.5. The lowest BCUT2D eigenvalue weighted by molar-refractivity contribution is 0.258. The van der Waals surface area contributed by atoms with Crippen LogP contribution in [0.15, 0.2) is 154 Å². The number of hydrogen-bond acceptors (Lipinski definition) is 10. The van der Waals surface area contributed by atoms with E-state index in [2.05, 4.69) is 201 Å². The molecule has 0 amide bonds.